The first-order valence-electron chi connectivity index (χ1n) is 10.8. The van der Waals surface area contributed by atoms with Crippen LogP contribution in [0.15, 0.2) is 24.3 Å². The third-order valence-corrected chi connectivity index (χ3v) is 6.34. The largest absolute Gasteiger partial charge is 0.356 e. The molecule has 27 heavy (non-hydrogen) atoms. The van der Waals surface area contributed by atoms with E-state index in [9.17, 15) is 4.79 Å². The van der Waals surface area contributed by atoms with E-state index in [0.717, 1.165) is 32.7 Å². The lowest BCUT2D eigenvalue weighted by molar-refractivity contribution is -0.121. The van der Waals surface area contributed by atoms with Gasteiger partial charge in [-0.25, -0.2) is 0 Å². The summed E-state index contributed by atoms with van der Waals surface area (Å²) in [4.78, 5) is 16.9. The Labute approximate surface area is 165 Å². The minimum absolute atomic E-state index is 0.188. The van der Waals surface area contributed by atoms with Crippen LogP contribution in [0.5, 0.6) is 0 Å². The van der Waals surface area contributed by atoms with Crippen LogP contribution < -0.4 is 5.32 Å². The lowest BCUT2D eigenvalue weighted by Crippen LogP contribution is -2.44. The third-order valence-electron chi connectivity index (χ3n) is 6.34. The number of nitrogens with zero attached hydrogens (tertiary/aromatic N) is 2. The smallest absolute Gasteiger partial charge is 0.221 e. The number of piperidine rings is 1. The molecule has 2 aliphatic rings. The van der Waals surface area contributed by atoms with Crippen molar-refractivity contribution < 1.29 is 4.79 Å². The molecule has 2 heterocycles. The Morgan fingerprint density at radius 1 is 1.11 bits per heavy atom. The summed E-state index contributed by atoms with van der Waals surface area (Å²) >= 11 is 0. The van der Waals surface area contributed by atoms with Gasteiger partial charge in [0.25, 0.3) is 0 Å². The maximum absolute atomic E-state index is 11.7. The van der Waals surface area contributed by atoms with Gasteiger partial charge in [0.2, 0.25) is 5.91 Å². The number of rotatable bonds is 7. The van der Waals surface area contributed by atoms with Crippen molar-refractivity contribution in [2.75, 3.05) is 39.3 Å². The second-order valence-corrected chi connectivity index (χ2v) is 8.94. The van der Waals surface area contributed by atoms with E-state index in [1.807, 2.05) is 6.92 Å². The fraction of sp³-hybridized carbons (Fsp3) is 0.696. The first kappa shape index (κ1) is 20.3. The molecule has 0 radical (unpaired) electrons. The van der Waals surface area contributed by atoms with Crippen LogP contribution in [-0.4, -0.2) is 55.0 Å². The molecule has 3 rings (SSSR count). The van der Waals surface area contributed by atoms with Gasteiger partial charge in [-0.1, -0.05) is 38.1 Å². The van der Waals surface area contributed by atoms with Crippen LogP contribution in [0.4, 0.5) is 0 Å². The number of likely N-dealkylation sites (tertiary alicyclic amines) is 2. The van der Waals surface area contributed by atoms with E-state index < -0.39 is 0 Å². The molecule has 4 nitrogen and oxygen atoms in total. The summed E-state index contributed by atoms with van der Waals surface area (Å²) in [7, 11) is 0. The summed E-state index contributed by atoms with van der Waals surface area (Å²) < 4.78 is 0. The van der Waals surface area contributed by atoms with Gasteiger partial charge in [-0.3, -0.25) is 9.69 Å². The molecule has 1 N–H and O–H groups in total. The Bertz CT molecular complexity index is 613. The van der Waals surface area contributed by atoms with Gasteiger partial charge in [0, 0.05) is 39.1 Å². The number of carbonyl (C=O) groups is 1. The predicted molar refractivity (Wildman–Crippen MR) is 112 cm³/mol. The maximum atomic E-state index is 11.7. The van der Waals surface area contributed by atoms with Crippen LogP contribution in [0.2, 0.25) is 0 Å². The standard InChI is InChI=1S/C23H37N3O/c1-4-24-22(27)10-14-25-15-12-23(17-25)11-5-13-26(18-23)16-20-6-8-21(9-7-20)19(2)3/h6-9,19H,4-5,10-18H2,1-3H3,(H,24,27)/t23-/m0/s1. The van der Waals surface area contributed by atoms with Gasteiger partial charge in [-0.2, -0.15) is 0 Å². The molecule has 1 atom stereocenters. The van der Waals surface area contributed by atoms with E-state index in [1.165, 1.54) is 43.5 Å². The van der Waals surface area contributed by atoms with Crippen molar-refractivity contribution in [1.82, 2.24) is 15.1 Å². The minimum atomic E-state index is 0.188. The molecular weight excluding hydrogens is 334 g/mol. The van der Waals surface area contributed by atoms with Crippen LogP contribution in [-0.2, 0) is 11.3 Å². The highest BCUT2D eigenvalue weighted by Gasteiger charge is 2.41. The Morgan fingerprint density at radius 3 is 2.56 bits per heavy atom. The second kappa shape index (κ2) is 9.20. The molecule has 0 aliphatic carbocycles. The number of hydrogen-bond acceptors (Lipinski definition) is 3. The molecule has 1 aromatic carbocycles. The lowest BCUT2D eigenvalue weighted by Gasteiger charge is -2.40. The zero-order valence-electron chi connectivity index (χ0n) is 17.5. The van der Waals surface area contributed by atoms with Crippen molar-refractivity contribution in [1.29, 1.82) is 0 Å². The number of hydrogen-bond donors (Lipinski definition) is 1. The maximum Gasteiger partial charge on any atom is 0.221 e. The molecule has 150 valence electrons. The Morgan fingerprint density at radius 2 is 1.85 bits per heavy atom. The highest BCUT2D eigenvalue weighted by molar-refractivity contribution is 5.75. The van der Waals surface area contributed by atoms with Crippen molar-refractivity contribution in [3.8, 4) is 0 Å². The molecule has 0 saturated carbocycles. The highest BCUT2D eigenvalue weighted by atomic mass is 16.1. The average molecular weight is 372 g/mol. The molecule has 0 bridgehead atoms. The van der Waals surface area contributed by atoms with Gasteiger partial charge in [0.1, 0.15) is 0 Å². The van der Waals surface area contributed by atoms with Crippen LogP contribution in [0.3, 0.4) is 0 Å². The third kappa shape index (κ3) is 5.55. The minimum Gasteiger partial charge on any atom is -0.356 e. The monoisotopic (exact) mass is 371 g/mol. The molecule has 2 aliphatic heterocycles. The normalized spacial score (nSPS) is 24.0. The molecule has 0 unspecified atom stereocenters. The number of benzene rings is 1. The SMILES string of the molecule is CCNC(=O)CCN1CC[C@@]2(CCCN(Cc3ccc(C(C)C)cc3)C2)C1. The lowest BCUT2D eigenvalue weighted by atomic mass is 9.79. The Kier molecular flexibility index (Phi) is 6.93. The van der Waals surface area contributed by atoms with Crippen LogP contribution in [0.25, 0.3) is 0 Å². The molecule has 1 spiro atoms. The summed E-state index contributed by atoms with van der Waals surface area (Å²) in [6.45, 7) is 13.9. The van der Waals surface area contributed by atoms with Crippen molar-refractivity contribution in [3.05, 3.63) is 35.4 Å². The average Bonchev–Trinajstić information content (AvgIpc) is 3.03. The molecule has 2 fully saturated rings. The Hall–Kier alpha value is -1.39. The topological polar surface area (TPSA) is 35.6 Å². The first-order valence-corrected chi connectivity index (χ1v) is 10.8. The number of nitrogens with one attached hydrogen (secondary N) is 1. The zero-order chi connectivity index (χ0) is 19.3. The van der Waals surface area contributed by atoms with Gasteiger partial charge < -0.3 is 10.2 Å². The van der Waals surface area contributed by atoms with E-state index in [-0.39, 0.29) is 5.91 Å². The van der Waals surface area contributed by atoms with Gasteiger partial charge in [-0.05, 0) is 61.7 Å². The van der Waals surface area contributed by atoms with Crippen LogP contribution in [0, 0.1) is 5.41 Å². The molecule has 4 heteroatoms. The van der Waals surface area contributed by atoms with Crippen LogP contribution in [0.1, 0.15) is 63.5 Å². The van der Waals surface area contributed by atoms with Gasteiger partial charge >= 0.3 is 0 Å². The second-order valence-electron chi connectivity index (χ2n) is 8.94. The van der Waals surface area contributed by atoms with Crippen molar-refractivity contribution >= 4 is 5.91 Å². The summed E-state index contributed by atoms with van der Waals surface area (Å²) in [5.74, 6) is 0.787. The van der Waals surface area contributed by atoms with E-state index in [4.69, 9.17) is 0 Å². The van der Waals surface area contributed by atoms with Crippen molar-refractivity contribution in [2.45, 2.75) is 58.9 Å². The van der Waals surface area contributed by atoms with E-state index in [2.05, 4.69) is 53.2 Å². The van der Waals surface area contributed by atoms with Gasteiger partial charge in [0.15, 0.2) is 0 Å². The van der Waals surface area contributed by atoms with E-state index >= 15 is 0 Å². The number of carbonyl (C=O) groups excluding carboxylic acids is 1. The van der Waals surface area contributed by atoms with E-state index in [1.54, 1.807) is 0 Å². The fourth-order valence-electron chi connectivity index (χ4n) is 4.81. The highest BCUT2D eigenvalue weighted by Crippen LogP contribution is 2.39. The molecule has 1 aromatic rings. The zero-order valence-corrected chi connectivity index (χ0v) is 17.5. The summed E-state index contributed by atoms with van der Waals surface area (Å²) in [6, 6.07) is 9.20. The van der Waals surface area contributed by atoms with Crippen molar-refractivity contribution in [3.63, 3.8) is 0 Å². The van der Waals surface area contributed by atoms with Gasteiger partial charge in [0.05, 0.1) is 0 Å². The van der Waals surface area contributed by atoms with Crippen LogP contribution >= 0.6 is 0 Å². The summed E-state index contributed by atoms with van der Waals surface area (Å²) in [5.41, 5.74) is 3.30. The Balaban J connectivity index is 1.51. The molecule has 0 aromatic heterocycles. The van der Waals surface area contributed by atoms with Crippen molar-refractivity contribution in [2.24, 2.45) is 5.41 Å². The molecule has 1 amide bonds. The van der Waals surface area contributed by atoms with E-state index in [0.29, 0.717) is 17.8 Å². The fourth-order valence-corrected chi connectivity index (χ4v) is 4.81. The molecular formula is C23H37N3O. The quantitative estimate of drug-likeness (QED) is 0.795. The van der Waals surface area contributed by atoms with Gasteiger partial charge in [-0.15, -0.1) is 0 Å². The molecule has 2 saturated heterocycles. The predicted octanol–water partition coefficient (Wildman–Crippen LogP) is 3.62. The summed E-state index contributed by atoms with van der Waals surface area (Å²) in [6.07, 6.45) is 4.56. The number of amides is 1. The summed E-state index contributed by atoms with van der Waals surface area (Å²) in [5, 5.41) is 2.91. The first-order chi connectivity index (χ1) is 13.0.